The number of alkyl halides is 7. The van der Waals surface area contributed by atoms with E-state index in [9.17, 15) is 35.5 Å². The Bertz CT molecular complexity index is 1220. The molecule has 5 nitrogen and oxygen atoms in total. The van der Waals surface area contributed by atoms with Crippen molar-refractivity contribution in [3.63, 3.8) is 0 Å². The summed E-state index contributed by atoms with van der Waals surface area (Å²) in [4.78, 5) is 13.4. The molecule has 0 aliphatic carbocycles. The Balaban J connectivity index is 0.000000260. The Morgan fingerprint density at radius 1 is 0.921 bits per heavy atom. The van der Waals surface area contributed by atoms with Crippen molar-refractivity contribution in [3.8, 4) is 28.4 Å². The number of hydrogen-bond acceptors (Lipinski definition) is 5. The first-order valence-electron chi connectivity index (χ1n) is 11.1. The molecule has 0 bridgehead atoms. The van der Waals surface area contributed by atoms with E-state index in [1.165, 1.54) is 49.4 Å². The lowest BCUT2D eigenvalue weighted by Crippen LogP contribution is -2.36. The number of fused-ring (bicyclic) bond motifs is 1. The van der Waals surface area contributed by atoms with Gasteiger partial charge < -0.3 is 19.1 Å². The van der Waals surface area contributed by atoms with Crippen LogP contribution < -0.4 is 19.1 Å². The number of hydrogen-bond donors (Lipinski definition) is 0. The highest BCUT2D eigenvalue weighted by Gasteiger charge is 2.43. The topological polar surface area (TPSA) is 48.0 Å². The lowest BCUT2D eigenvalue weighted by molar-refractivity contribution is -0.274. The maximum absolute atomic E-state index is 12.4. The van der Waals surface area contributed by atoms with E-state index in [0.717, 1.165) is 5.69 Å². The summed E-state index contributed by atoms with van der Waals surface area (Å²) in [6.07, 6.45) is -13.0. The normalized spacial score (nSPS) is 13.1. The second kappa shape index (κ2) is 12.1. The fraction of sp³-hybridized carbons (Fsp3) is 0.269. The first-order valence-corrected chi connectivity index (χ1v) is 11.1. The van der Waals surface area contributed by atoms with Crippen LogP contribution in [0.15, 0.2) is 72.8 Å². The van der Waals surface area contributed by atoms with Gasteiger partial charge in [-0.2, -0.15) is 17.6 Å². The molecule has 1 heterocycles. The molecule has 3 aromatic carbocycles. The summed E-state index contributed by atoms with van der Waals surface area (Å²) >= 11 is 0. The third kappa shape index (κ3) is 8.02. The number of benzene rings is 3. The van der Waals surface area contributed by atoms with Gasteiger partial charge in [-0.25, -0.2) is 0 Å². The molecule has 204 valence electrons. The Labute approximate surface area is 213 Å². The highest BCUT2D eigenvalue weighted by molar-refractivity contribution is 5.85. The molecule has 0 radical (unpaired) electrons. The molecule has 4 rings (SSSR count). The number of nitrogens with zero attached hydrogens (tertiary/aromatic N) is 1. The number of para-hydroxylation sites is 2. The van der Waals surface area contributed by atoms with Crippen LogP contribution in [0.3, 0.4) is 0 Å². The van der Waals surface area contributed by atoms with Crippen LogP contribution in [0.4, 0.5) is 36.4 Å². The molecule has 0 spiro atoms. The lowest BCUT2D eigenvalue weighted by atomic mass is 10.0. The van der Waals surface area contributed by atoms with Crippen molar-refractivity contribution in [2.75, 3.05) is 24.6 Å². The summed E-state index contributed by atoms with van der Waals surface area (Å²) in [5.74, 6) is 0.00444. The number of carbonyl (C=O) groups is 1. The summed E-state index contributed by atoms with van der Waals surface area (Å²) in [5, 5.41) is 0. The van der Waals surface area contributed by atoms with Crippen LogP contribution in [0.25, 0.3) is 11.1 Å². The number of rotatable bonds is 7. The van der Waals surface area contributed by atoms with Gasteiger partial charge >= 0.3 is 18.9 Å². The highest BCUT2D eigenvalue weighted by Crippen LogP contribution is 2.41. The lowest BCUT2D eigenvalue weighted by Gasteiger charge is -2.31. The molecule has 12 heteroatoms. The highest BCUT2D eigenvalue weighted by atomic mass is 19.4. The molecule has 1 aliphatic rings. The Morgan fingerprint density at radius 2 is 1.58 bits per heavy atom. The maximum atomic E-state index is 12.4. The SMILES string of the molecule is CC(=O)CN1CCOc2c(-c3cccc(OC(F)(F)F)c3)cccc21.FC(F)C(F)(F)Oc1ccccc1. The average molecular weight is 545 g/mol. The zero-order valence-corrected chi connectivity index (χ0v) is 19.9. The van der Waals surface area contributed by atoms with Crippen LogP contribution in [-0.4, -0.2) is 44.4 Å². The summed E-state index contributed by atoms with van der Waals surface area (Å²) < 4.78 is 98.6. The molecule has 0 saturated heterocycles. The van der Waals surface area contributed by atoms with Gasteiger partial charge in [0, 0.05) is 5.56 Å². The van der Waals surface area contributed by atoms with E-state index in [4.69, 9.17) is 4.74 Å². The minimum atomic E-state index is -4.75. The van der Waals surface area contributed by atoms with E-state index < -0.39 is 18.9 Å². The number of ketones is 1. The van der Waals surface area contributed by atoms with Gasteiger partial charge in [0.1, 0.15) is 23.9 Å². The van der Waals surface area contributed by atoms with Crippen LogP contribution in [0.5, 0.6) is 17.2 Å². The quantitative estimate of drug-likeness (QED) is 0.301. The van der Waals surface area contributed by atoms with Crippen LogP contribution in [-0.2, 0) is 4.79 Å². The summed E-state index contributed by atoms with van der Waals surface area (Å²) in [6.45, 7) is 2.75. The van der Waals surface area contributed by atoms with Crippen LogP contribution in [0.1, 0.15) is 6.92 Å². The molecule has 3 aromatic rings. The van der Waals surface area contributed by atoms with E-state index >= 15 is 0 Å². The predicted molar refractivity (Wildman–Crippen MR) is 125 cm³/mol. The van der Waals surface area contributed by atoms with Crippen molar-refractivity contribution in [1.82, 2.24) is 0 Å². The summed E-state index contributed by atoms with van der Waals surface area (Å²) in [6, 6.07) is 17.9. The van der Waals surface area contributed by atoms with Gasteiger partial charge in [0.05, 0.1) is 18.8 Å². The van der Waals surface area contributed by atoms with Crippen molar-refractivity contribution in [3.05, 3.63) is 72.8 Å². The average Bonchev–Trinajstić information content (AvgIpc) is 2.83. The zero-order chi connectivity index (χ0) is 27.9. The molecule has 0 aromatic heterocycles. The predicted octanol–water partition coefficient (Wildman–Crippen LogP) is 6.96. The number of halogens is 7. The number of ether oxygens (including phenoxy) is 3. The Hall–Kier alpha value is -3.96. The van der Waals surface area contributed by atoms with E-state index in [1.807, 2.05) is 11.0 Å². The molecule has 0 atom stereocenters. The van der Waals surface area contributed by atoms with Crippen molar-refractivity contribution in [2.24, 2.45) is 0 Å². The van der Waals surface area contributed by atoms with Gasteiger partial charge in [-0.1, -0.05) is 42.5 Å². The van der Waals surface area contributed by atoms with E-state index in [2.05, 4.69) is 9.47 Å². The molecule has 0 fully saturated rings. The van der Waals surface area contributed by atoms with Crippen molar-refractivity contribution in [1.29, 1.82) is 0 Å². The molecule has 1 aliphatic heterocycles. The van der Waals surface area contributed by atoms with Crippen LogP contribution in [0, 0.1) is 0 Å². The van der Waals surface area contributed by atoms with Crippen LogP contribution in [0.2, 0.25) is 0 Å². The second-order valence-electron chi connectivity index (χ2n) is 7.98. The fourth-order valence-corrected chi connectivity index (χ4v) is 3.52. The first kappa shape index (κ1) is 28.6. The number of carbonyl (C=O) groups excluding carboxylic acids is 1. The molecule has 0 saturated carbocycles. The van der Waals surface area contributed by atoms with Gasteiger partial charge in [-0.3, -0.25) is 4.79 Å². The Morgan fingerprint density at radius 3 is 2.21 bits per heavy atom. The first-order chi connectivity index (χ1) is 17.9. The molecule has 0 amide bonds. The molecular formula is C26H22F7NO4. The fourth-order valence-electron chi connectivity index (χ4n) is 3.52. The van der Waals surface area contributed by atoms with E-state index in [1.54, 1.807) is 24.3 Å². The summed E-state index contributed by atoms with van der Waals surface area (Å²) in [7, 11) is 0. The molecule has 38 heavy (non-hydrogen) atoms. The largest absolute Gasteiger partial charge is 0.573 e. The van der Waals surface area contributed by atoms with Crippen molar-refractivity contribution >= 4 is 11.5 Å². The maximum Gasteiger partial charge on any atom is 0.573 e. The molecular weight excluding hydrogens is 523 g/mol. The minimum Gasteiger partial charge on any atom is -0.489 e. The number of Topliss-reactive ketones (excluding diaryl/α,β-unsaturated/α-hetero) is 1. The Kier molecular flexibility index (Phi) is 9.08. The molecule has 0 unspecified atom stereocenters. The van der Waals surface area contributed by atoms with Crippen molar-refractivity contribution in [2.45, 2.75) is 25.8 Å². The van der Waals surface area contributed by atoms with Gasteiger partial charge in [0.15, 0.2) is 5.75 Å². The number of anilines is 1. The van der Waals surface area contributed by atoms with E-state index in [0.29, 0.717) is 30.0 Å². The van der Waals surface area contributed by atoms with Crippen LogP contribution >= 0.6 is 0 Å². The molecule has 0 N–H and O–H groups in total. The van der Waals surface area contributed by atoms with Gasteiger partial charge in [0.25, 0.3) is 0 Å². The zero-order valence-electron chi connectivity index (χ0n) is 19.9. The monoisotopic (exact) mass is 545 g/mol. The summed E-state index contributed by atoms with van der Waals surface area (Å²) in [5.41, 5.74) is 1.95. The van der Waals surface area contributed by atoms with Gasteiger partial charge in [-0.05, 0) is 42.8 Å². The third-order valence-corrected chi connectivity index (χ3v) is 4.99. The van der Waals surface area contributed by atoms with Gasteiger partial charge in [-0.15, -0.1) is 13.2 Å². The van der Waals surface area contributed by atoms with Crippen molar-refractivity contribution < 1.29 is 49.7 Å². The van der Waals surface area contributed by atoms with E-state index in [-0.39, 0.29) is 23.8 Å². The minimum absolute atomic E-state index is 0.0267. The standard InChI is InChI=1S/C18H16F3NO3.C8H6F4O/c1-12(23)11-22-8-9-24-17-15(6-3-7-16(17)22)13-4-2-5-14(10-13)25-18(19,20)21;9-7(10)8(11,12)13-6-4-2-1-3-5-6/h2-7,10H,8-9,11H2,1H3;1-5,7H. The van der Waals surface area contributed by atoms with Gasteiger partial charge in [0.2, 0.25) is 0 Å². The smallest absolute Gasteiger partial charge is 0.489 e. The second-order valence-corrected chi connectivity index (χ2v) is 7.98. The third-order valence-electron chi connectivity index (χ3n) is 4.99.